The topological polar surface area (TPSA) is 30.5 Å². The Morgan fingerprint density at radius 2 is 2.05 bits per heavy atom. The lowest BCUT2D eigenvalue weighted by molar-refractivity contribution is -0.133. The first kappa shape index (κ1) is 12.6. The molecule has 4 aliphatic rings. The number of hydrogen-bond acceptors (Lipinski definition) is 3. The molecular formula is C16H27NO2. The van der Waals surface area contributed by atoms with E-state index in [0.717, 1.165) is 6.61 Å². The Morgan fingerprint density at radius 1 is 1.21 bits per heavy atom. The molecule has 2 saturated heterocycles. The highest BCUT2D eigenvalue weighted by atomic mass is 16.5. The van der Waals surface area contributed by atoms with Crippen LogP contribution in [0.25, 0.3) is 0 Å². The van der Waals surface area contributed by atoms with E-state index in [2.05, 4.69) is 12.2 Å². The zero-order chi connectivity index (χ0) is 12.9. The van der Waals surface area contributed by atoms with Gasteiger partial charge >= 0.3 is 0 Å². The maximum absolute atomic E-state index is 6.00. The molecule has 0 aromatic carbocycles. The van der Waals surface area contributed by atoms with Crippen LogP contribution in [-0.4, -0.2) is 37.0 Å². The van der Waals surface area contributed by atoms with Gasteiger partial charge in [-0.1, -0.05) is 12.8 Å². The van der Waals surface area contributed by atoms with Crippen molar-refractivity contribution in [3.8, 4) is 0 Å². The van der Waals surface area contributed by atoms with E-state index in [0.29, 0.717) is 35.8 Å². The first-order valence-electron chi connectivity index (χ1n) is 8.35. The number of hydrogen-bond donors (Lipinski definition) is 1. The molecule has 2 bridgehead atoms. The summed E-state index contributed by atoms with van der Waals surface area (Å²) in [4.78, 5) is 0. The zero-order valence-corrected chi connectivity index (χ0v) is 12.1. The molecule has 0 radical (unpaired) electrons. The van der Waals surface area contributed by atoms with E-state index in [4.69, 9.17) is 9.47 Å². The van der Waals surface area contributed by atoms with Crippen LogP contribution in [-0.2, 0) is 9.47 Å². The number of ether oxygens (including phenoxy) is 2. The number of nitrogens with one attached hydrogen (secondary N) is 1. The molecule has 3 nitrogen and oxygen atoms in total. The minimum Gasteiger partial charge on any atom is -0.378 e. The second-order valence-corrected chi connectivity index (χ2v) is 7.06. The lowest BCUT2D eigenvalue weighted by Gasteiger charge is -2.55. The van der Waals surface area contributed by atoms with Crippen LogP contribution in [0.1, 0.15) is 58.3 Å². The summed E-state index contributed by atoms with van der Waals surface area (Å²) in [5.74, 6) is 0. The standard InChI is InChI=1S/C16H27NO2/c1-2-18-15-10-14(16(15)7-3-4-8-16)17-12-9-11-5-6-13(12)19-11/h11-15,17H,2-10H2,1H3. The first-order chi connectivity index (χ1) is 9.32. The minimum atomic E-state index is 0.470. The summed E-state index contributed by atoms with van der Waals surface area (Å²) < 4.78 is 12.0. The average molecular weight is 265 g/mol. The molecule has 0 aromatic heterocycles. The molecule has 2 saturated carbocycles. The number of rotatable bonds is 4. The third-order valence-electron chi connectivity index (χ3n) is 6.21. The van der Waals surface area contributed by atoms with Crippen LogP contribution in [0.4, 0.5) is 0 Å². The zero-order valence-electron chi connectivity index (χ0n) is 12.1. The van der Waals surface area contributed by atoms with Gasteiger partial charge in [-0.2, -0.15) is 0 Å². The van der Waals surface area contributed by atoms with Gasteiger partial charge in [-0.3, -0.25) is 0 Å². The van der Waals surface area contributed by atoms with Gasteiger partial charge in [0.2, 0.25) is 0 Å². The van der Waals surface area contributed by atoms with E-state index in [1.165, 1.54) is 51.4 Å². The second kappa shape index (κ2) is 4.71. The minimum absolute atomic E-state index is 0.470. The number of fused-ring (bicyclic) bond motifs is 2. The third kappa shape index (κ3) is 1.89. The van der Waals surface area contributed by atoms with Crippen molar-refractivity contribution in [2.45, 2.75) is 88.7 Å². The molecule has 5 atom stereocenters. The van der Waals surface area contributed by atoms with Crippen molar-refractivity contribution in [2.75, 3.05) is 6.61 Å². The summed E-state index contributed by atoms with van der Waals surface area (Å²) in [7, 11) is 0. The second-order valence-electron chi connectivity index (χ2n) is 7.06. The van der Waals surface area contributed by atoms with E-state index in [9.17, 15) is 0 Å². The summed E-state index contributed by atoms with van der Waals surface area (Å²) in [6.45, 7) is 3.00. The van der Waals surface area contributed by atoms with E-state index < -0.39 is 0 Å². The molecule has 108 valence electrons. The van der Waals surface area contributed by atoms with Crippen molar-refractivity contribution in [3.63, 3.8) is 0 Å². The summed E-state index contributed by atoms with van der Waals surface area (Å²) in [6, 6.07) is 1.32. The monoisotopic (exact) mass is 265 g/mol. The third-order valence-corrected chi connectivity index (χ3v) is 6.21. The van der Waals surface area contributed by atoms with Crippen molar-refractivity contribution >= 4 is 0 Å². The summed E-state index contributed by atoms with van der Waals surface area (Å²) in [5, 5.41) is 3.96. The smallest absolute Gasteiger partial charge is 0.0733 e. The van der Waals surface area contributed by atoms with Crippen LogP contribution in [0.15, 0.2) is 0 Å². The fourth-order valence-electron chi connectivity index (χ4n) is 5.19. The molecule has 2 aliphatic carbocycles. The fraction of sp³-hybridized carbons (Fsp3) is 1.00. The van der Waals surface area contributed by atoms with Gasteiger partial charge in [0.05, 0.1) is 18.3 Å². The Labute approximate surface area is 116 Å². The molecule has 4 rings (SSSR count). The first-order valence-corrected chi connectivity index (χ1v) is 8.35. The molecule has 4 fully saturated rings. The molecule has 19 heavy (non-hydrogen) atoms. The van der Waals surface area contributed by atoms with Gasteiger partial charge in [0, 0.05) is 24.1 Å². The highest BCUT2D eigenvalue weighted by Crippen LogP contribution is 2.55. The van der Waals surface area contributed by atoms with Gasteiger partial charge < -0.3 is 14.8 Å². The lowest BCUT2D eigenvalue weighted by Crippen LogP contribution is -2.65. The molecular weight excluding hydrogens is 238 g/mol. The van der Waals surface area contributed by atoms with Crippen LogP contribution in [0.2, 0.25) is 0 Å². The van der Waals surface area contributed by atoms with Gasteiger partial charge in [0.1, 0.15) is 0 Å². The maximum atomic E-state index is 6.00. The average Bonchev–Trinajstić information content (AvgIpc) is 3.14. The predicted octanol–water partition coefficient (Wildman–Crippen LogP) is 2.63. The summed E-state index contributed by atoms with van der Waals surface area (Å²) >= 11 is 0. The molecule has 0 aromatic rings. The van der Waals surface area contributed by atoms with E-state index >= 15 is 0 Å². The Bertz CT molecular complexity index is 340. The molecule has 3 heteroatoms. The van der Waals surface area contributed by atoms with Gasteiger partial charge in [-0.05, 0) is 45.4 Å². The van der Waals surface area contributed by atoms with Crippen molar-refractivity contribution in [3.05, 3.63) is 0 Å². The van der Waals surface area contributed by atoms with Crippen molar-refractivity contribution in [2.24, 2.45) is 5.41 Å². The molecule has 1 spiro atoms. The maximum Gasteiger partial charge on any atom is 0.0733 e. The SMILES string of the molecule is CCOC1CC(NC2CC3CCC2O3)C12CCCC2. The van der Waals surface area contributed by atoms with Crippen LogP contribution in [0.5, 0.6) is 0 Å². The van der Waals surface area contributed by atoms with Crippen molar-refractivity contribution in [1.82, 2.24) is 5.32 Å². The summed E-state index contributed by atoms with van der Waals surface area (Å²) in [6.07, 6.45) is 12.2. The molecule has 2 heterocycles. The van der Waals surface area contributed by atoms with Crippen LogP contribution < -0.4 is 5.32 Å². The Balaban J connectivity index is 1.41. The normalized spacial score (nSPS) is 46.9. The van der Waals surface area contributed by atoms with E-state index in [1.54, 1.807) is 0 Å². The quantitative estimate of drug-likeness (QED) is 0.847. The predicted molar refractivity (Wildman–Crippen MR) is 74.2 cm³/mol. The van der Waals surface area contributed by atoms with Gasteiger partial charge in [0.15, 0.2) is 0 Å². The van der Waals surface area contributed by atoms with Gasteiger partial charge in [-0.15, -0.1) is 0 Å². The van der Waals surface area contributed by atoms with Crippen LogP contribution >= 0.6 is 0 Å². The van der Waals surface area contributed by atoms with E-state index in [1.807, 2.05) is 0 Å². The van der Waals surface area contributed by atoms with Crippen molar-refractivity contribution < 1.29 is 9.47 Å². The van der Waals surface area contributed by atoms with Crippen molar-refractivity contribution in [1.29, 1.82) is 0 Å². The van der Waals surface area contributed by atoms with Gasteiger partial charge in [0.25, 0.3) is 0 Å². The molecule has 1 N–H and O–H groups in total. The fourth-order valence-corrected chi connectivity index (χ4v) is 5.19. The lowest BCUT2D eigenvalue weighted by atomic mass is 9.60. The molecule has 0 amide bonds. The molecule has 2 aliphatic heterocycles. The summed E-state index contributed by atoms with van der Waals surface area (Å²) in [5.41, 5.74) is 0.470. The Morgan fingerprint density at radius 3 is 2.68 bits per heavy atom. The Hall–Kier alpha value is -0.120. The largest absolute Gasteiger partial charge is 0.378 e. The highest BCUT2D eigenvalue weighted by Gasteiger charge is 2.57. The highest BCUT2D eigenvalue weighted by molar-refractivity contribution is 5.11. The van der Waals surface area contributed by atoms with Crippen LogP contribution in [0.3, 0.4) is 0 Å². The molecule has 5 unspecified atom stereocenters. The van der Waals surface area contributed by atoms with E-state index in [-0.39, 0.29) is 0 Å². The Kier molecular flexibility index (Phi) is 3.13. The van der Waals surface area contributed by atoms with Crippen LogP contribution in [0, 0.1) is 5.41 Å². The van der Waals surface area contributed by atoms with Gasteiger partial charge in [-0.25, -0.2) is 0 Å².